The van der Waals surface area contributed by atoms with E-state index in [2.05, 4.69) is 13.8 Å². The molecule has 0 rings (SSSR count). The zero-order valence-corrected chi connectivity index (χ0v) is 12.0. The maximum Gasteiger partial charge on any atom is 0.117 e. The lowest BCUT2D eigenvalue weighted by Crippen LogP contribution is -2.10. The minimum Gasteiger partial charge on any atom is -0.497 e. The second-order valence-electron chi connectivity index (χ2n) is 4.24. The van der Waals surface area contributed by atoms with Crippen LogP contribution in [0.4, 0.5) is 0 Å². The zero-order chi connectivity index (χ0) is 13.3. The van der Waals surface area contributed by atoms with Gasteiger partial charge < -0.3 is 14.2 Å². The molecule has 1 unspecified atom stereocenters. The molecule has 0 heterocycles. The van der Waals surface area contributed by atoms with Crippen LogP contribution in [0.3, 0.4) is 0 Å². The van der Waals surface area contributed by atoms with Crippen LogP contribution in [0.15, 0.2) is 23.0 Å². The molecule has 0 saturated carbocycles. The first kappa shape index (κ1) is 16.2. The highest BCUT2D eigenvalue weighted by Gasteiger charge is 2.08. The summed E-state index contributed by atoms with van der Waals surface area (Å²) in [4.78, 5) is 0. The van der Waals surface area contributed by atoms with E-state index >= 15 is 0 Å². The fourth-order valence-corrected chi connectivity index (χ4v) is 1.69. The van der Waals surface area contributed by atoms with Crippen molar-refractivity contribution in [2.45, 2.75) is 39.7 Å². The first-order chi connectivity index (χ1) is 8.08. The standard InChI is InChI=1S/C14H26O3/c1-7-13(16-5)9-12(3)14(17-6)8-11(2)10-15-4/h8,13H,7,9-10H2,1-6H3/b11-8-,14-12-. The van der Waals surface area contributed by atoms with Gasteiger partial charge in [-0.25, -0.2) is 0 Å². The lowest BCUT2D eigenvalue weighted by atomic mass is 10.1. The summed E-state index contributed by atoms with van der Waals surface area (Å²) in [5.74, 6) is 0.912. The van der Waals surface area contributed by atoms with Crippen molar-refractivity contribution in [3.63, 3.8) is 0 Å². The number of rotatable bonds is 8. The monoisotopic (exact) mass is 242 g/mol. The summed E-state index contributed by atoms with van der Waals surface area (Å²) < 4.78 is 15.9. The van der Waals surface area contributed by atoms with Crippen molar-refractivity contribution in [1.82, 2.24) is 0 Å². The summed E-state index contributed by atoms with van der Waals surface area (Å²) in [6.07, 6.45) is 4.19. The molecule has 0 amide bonds. The quantitative estimate of drug-likeness (QED) is 0.483. The summed E-state index contributed by atoms with van der Waals surface area (Å²) in [5.41, 5.74) is 2.35. The lowest BCUT2D eigenvalue weighted by Gasteiger charge is -2.15. The molecule has 0 aromatic rings. The molecule has 0 N–H and O–H groups in total. The van der Waals surface area contributed by atoms with Crippen molar-refractivity contribution in [2.24, 2.45) is 0 Å². The maximum absolute atomic E-state index is 5.41. The van der Waals surface area contributed by atoms with Crippen molar-refractivity contribution < 1.29 is 14.2 Å². The Bertz CT molecular complexity index is 263. The number of hydrogen-bond acceptors (Lipinski definition) is 3. The maximum atomic E-state index is 5.41. The molecule has 3 nitrogen and oxygen atoms in total. The number of methoxy groups -OCH3 is 3. The largest absolute Gasteiger partial charge is 0.497 e. The second-order valence-corrected chi connectivity index (χ2v) is 4.24. The van der Waals surface area contributed by atoms with Gasteiger partial charge in [0.2, 0.25) is 0 Å². The first-order valence-corrected chi connectivity index (χ1v) is 6.01. The Labute approximate surface area is 105 Å². The predicted octanol–water partition coefficient (Wildman–Crippen LogP) is 3.31. The van der Waals surface area contributed by atoms with Crippen molar-refractivity contribution in [3.05, 3.63) is 23.0 Å². The van der Waals surface area contributed by atoms with E-state index < -0.39 is 0 Å². The Balaban J connectivity index is 4.74. The van der Waals surface area contributed by atoms with E-state index in [0.717, 1.165) is 24.2 Å². The van der Waals surface area contributed by atoms with Crippen LogP contribution in [0.5, 0.6) is 0 Å². The molecule has 0 aliphatic rings. The normalized spacial score (nSPS) is 15.5. The third kappa shape index (κ3) is 6.49. The Morgan fingerprint density at radius 3 is 2.24 bits per heavy atom. The van der Waals surface area contributed by atoms with Gasteiger partial charge in [0.25, 0.3) is 0 Å². The molecule has 0 saturated heterocycles. The van der Waals surface area contributed by atoms with E-state index in [4.69, 9.17) is 14.2 Å². The predicted molar refractivity (Wildman–Crippen MR) is 71.0 cm³/mol. The van der Waals surface area contributed by atoms with Crippen LogP contribution in [-0.4, -0.2) is 34.0 Å². The van der Waals surface area contributed by atoms with Crippen molar-refractivity contribution >= 4 is 0 Å². The summed E-state index contributed by atoms with van der Waals surface area (Å²) in [7, 11) is 5.14. The van der Waals surface area contributed by atoms with Gasteiger partial charge in [-0.2, -0.15) is 0 Å². The average Bonchev–Trinajstić information content (AvgIpc) is 2.32. The zero-order valence-electron chi connectivity index (χ0n) is 12.0. The van der Waals surface area contributed by atoms with Crippen LogP contribution in [0.25, 0.3) is 0 Å². The lowest BCUT2D eigenvalue weighted by molar-refractivity contribution is 0.0985. The Morgan fingerprint density at radius 2 is 1.82 bits per heavy atom. The van der Waals surface area contributed by atoms with E-state index in [-0.39, 0.29) is 6.10 Å². The van der Waals surface area contributed by atoms with Gasteiger partial charge in [-0.3, -0.25) is 0 Å². The molecule has 0 radical (unpaired) electrons. The van der Waals surface area contributed by atoms with E-state index in [9.17, 15) is 0 Å². The molecular formula is C14H26O3. The van der Waals surface area contributed by atoms with E-state index in [1.54, 1.807) is 21.3 Å². The molecule has 0 aliphatic carbocycles. The highest BCUT2D eigenvalue weighted by atomic mass is 16.5. The van der Waals surface area contributed by atoms with Crippen LogP contribution in [0.2, 0.25) is 0 Å². The highest BCUT2D eigenvalue weighted by Crippen LogP contribution is 2.17. The fraction of sp³-hybridized carbons (Fsp3) is 0.714. The average molecular weight is 242 g/mol. The Kier molecular flexibility index (Phi) is 8.82. The molecule has 17 heavy (non-hydrogen) atoms. The fourth-order valence-electron chi connectivity index (χ4n) is 1.69. The van der Waals surface area contributed by atoms with Gasteiger partial charge in [0.15, 0.2) is 0 Å². The third-order valence-electron chi connectivity index (χ3n) is 2.71. The molecule has 0 aliphatic heterocycles. The van der Waals surface area contributed by atoms with Crippen LogP contribution < -0.4 is 0 Å². The molecule has 0 aromatic heterocycles. The summed E-state index contributed by atoms with van der Waals surface area (Å²) in [5, 5.41) is 0. The molecule has 0 spiro atoms. The van der Waals surface area contributed by atoms with E-state index in [1.165, 1.54) is 5.57 Å². The van der Waals surface area contributed by atoms with Crippen molar-refractivity contribution in [3.8, 4) is 0 Å². The third-order valence-corrected chi connectivity index (χ3v) is 2.71. The Hall–Kier alpha value is -0.800. The Morgan fingerprint density at radius 1 is 1.18 bits per heavy atom. The molecule has 0 fully saturated rings. The van der Waals surface area contributed by atoms with Crippen LogP contribution in [-0.2, 0) is 14.2 Å². The minimum absolute atomic E-state index is 0.260. The number of allylic oxidation sites excluding steroid dienone is 1. The molecular weight excluding hydrogens is 216 g/mol. The van der Waals surface area contributed by atoms with Crippen molar-refractivity contribution in [2.75, 3.05) is 27.9 Å². The molecule has 0 aromatic carbocycles. The van der Waals surface area contributed by atoms with Gasteiger partial charge in [-0.15, -0.1) is 0 Å². The van der Waals surface area contributed by atoms with E-state index in [0.29, 0.717) is 6.61 Å². The van der Waals surface area contributed by atoms with Gasteiger partial charge in [0, 0.05) is 14.2 Å². The van der Waals surface area contributed by atoms with Gasteiger partial charge in [-0.05, 0) is 43.9 Å². The van der Waals surface area contributed by atoms with Gasteiger partial charge in [0.05, 0.1) is 19.8 Å². The SMILES string of the molecule is CCC(C/C(C)=C(/C=C(/C)COC)OC)OC. The second kappa shape index (κ2) is 9.25. The van der Waals surface area contributed by atoms with Gasteiger partial charge in [-0.1, -0.05) is 6.92 Å². The molecule has 1 atom stereocenters. The minimum atomic E-state index is 0.260. The molecule has 0 bridgehead atoms. The summed E-state index contributed by atoms with van der Waals surface area (Å²) >= 11 is 0. The number of ether oxygens (including phenoxy) is 3. The van der Waals surface area contributed by atoms with Crippen molar-refractivity contribution in [1.29, 1.82) is 0 Å². The first-order valence-electron chi connectivity index (χ1n) is 6.01. The number of hydrogen-bond donors (Lipinski definition) is 0. The van der Waals surface area contributed by atoms with Crippen LogP contribution in [0.1, 0.15) is 33.6 Å². The summed E-state index contributed by atoms with van der Waals surface area (Å²) in [6, 6.07) is 0. The topological polar surface area (TPSA) is 27.7 Å². The smallest absolute Gasteiger partial charge is 0.117 e. The van der Waals surface area contributed by atoms with Crippen LogP contribution >= 0.6 is 0 Å². The highest BCUT2D eigenvalue weighted by molar-refractivity contribution is 5.23. The van der Waals surface area contributed by atoms with Gasteiger partial charge in [0.1, 0.15) is 5.76 Å². The molecule has 100 valence electrons. The molecule has 3 heteroatoms. The van der Waals surface area contributed by atoms with Gasteiger partial charge >= 0.3 is 0 Å². The summed E-state index contributed by atoms with van der Waals surface area (Å²) in [6.45, 7) is 6.86. The van der Waals surface area contributed by atoms with Crippen LogP contribution in [0, 0.1) is 0 Å². The van der Waals surface area contributed by atoms with E-state index in [1.807, 2.05) is 13.0 Å².